The van der Waals surface area contributed by atoms with Crippen LogP contribution in [-0.2, 0) is 19.1 Å². The lowest BCUT2D eigenvalue weighted by molar-refractivity contribution is -0.158. The van der Waals surface area contributed by atoms with E-state index in [1.807, 2.05) is 35.7 Å². The first kappa shape index (κ1) is 27.4. The van der Waals surface area contributed by atoms with Crippen molar-refractivity contribution in [3.05, 3.63) is 29.8 Å². The van der Waals surface area contributed by atoms with Gasteiger partial charge in [0.25, 0.3) is 0 Å². The van der Waals surface area contributed by atoms with E-state index in [0.717, 1.165) is 11.5 Å². The largest absolute Gasteiger partial charge is 0.460 e. The molecule has 1 fully saturated rings. The molecule has 1 aromatic rings. The van der Waals surface area contributed by atoms with Crippen molar-refractivity contribution in [1.82, 2.24) is 5.32 Å². The van der Waals surface area contributed by atoms with Gasteiger partial charge in [0.15, 0.2) is 0 Å². The number of ether oxygens (including phenoxy) is 3. The van der Waals surface area contributed by atoms with Crippen LogP contribution in [0.3, 0.4) is 0 Å². The second-order valence-electron chi connectivity index (χ2n) is 9.74. The molecule has 0 unspecified atom stereocenters. The number of carbonyl (C=O) groups is 3. The summed E-state index contributed by atoms with van der Waals surface area (Å²) in [6.45, 7) is 10.5. The van der Waals surface area contributed by atoms with Crippen molar-refractivity contribution in [3.8, 4) is 5.75 Å². The number of hydrogen-bond donors (Lipinski definition) is 1. The van der Waals surface area contributed by atoms with E-state index in [1.165, 1.54) is 12.0 Å². The zero-order valence-corrected chi connectivity index (χ0v) is 21.9. The number of hydrogen-bond acceptors (Lipinski definition) is 8. The molecule has 7 nitrogen and oxygen atoms in total. The minimum absolute atomic E-state index is 0.0357. The summed E-state index contributed by atoms with van der Waals surface area (Å²) in [7, 11) is 0. The molecule has 0 aliphatic carbocycles. The molecule has 2 rings (SSSR count). The molecule has 0 radical (unpaired) electrons. The molecule has 0 bridgehead atoms. The summed E-state index contributed by atoms with van der Waals surface area (Å²) in [6.07, 6.45) is 0.421. The fraction of sp³-hybridized carbons (Fsp3) is 0.625. The van der Waals surface area contributed by atoms with E-state index < -0.39 is 35.3 Å². The smallest absolute Gasteiger partial charge is 0.413 e. The Morgan fingerprint density at radius 2 is 1.55 bits per heavy atom. The summed E-state index contributed by atoms with van der Waals surface area (Å²) in [6, 6.07) is 6.35. The molecule has 1 aliphatic heterocycles. The standard InChI is InChI=1S/C24H35NO6S2/c1-23(2,3)30-19(26)13-12-18(20(27)31-24(4,5)6)25-22(28)29-17-10-8-16(9-11-17)21-32-14-7-15-33-21/h8-11,18,21H,7,12-15H2,1-6H3,(H,25,28)/t18-/m0/s1. The Labute approximate surface area is 205 Å². The zero-order valence-electron chi connectivity index (χ0n) is 20.3. The highest BCUT2D eigenvalue weighted by Crippen LogP contribution is 2.43. The van der Waals surface area contributed by atoms with Crippen molar-refractivity contribution < 1.29 is 28.6 Å². The quantitative estimate of drug-likeness (QED) is 0.496. The average Bonchev–Trinajstić information content (AvgIpc) is 2.69. The van der Waals surface area contributed by atoms with Crippen LogP contribution in [0.1, 0.15) is 71.0 Å². The second kappa shape index (κ2) is 12.0. The van der Waals surface area contributed by atoms with Crippen LogP contribution in [0.5, 0.6) is 5.75 Å². The highest BCUT2D eigenvalue weighted by Gasteiger charge is 2.29. The Hall–Kier alpha value is -1.87. The summed E-state index contributed by atoms with van der Waals surface area (Å²) < 4.78 is 16.5. The maximum atomic E-state index is 12.6. The van der Waals surface area contributed by atoms with Crippen LogP contribution in [0.2, 0.25) is 0 Å². The second-order valence-corrected chi connectivity index (χ2v) is 12.5. The number of amides is 1. The summed E-state index contributed by atoms with van der Waals surface area (Å²) in [4.78, 5) is 37.2. The third kappa shape index (κ3) is 10.7. The predicted octanol–water partition coefficient (Wildman–Crippen LogP) is 5.48. The molecule has 1 aliphatic rings. The van der Waals surface area contributed by atoms with Crippen molar-refractivity contribution in [2.45, 2.75) is 82.6 Å². The van der Waals surface area contributed by atoms with Crippen molar-refractivity contribution in [2.24, 2.45) is 0 Å². The molecule has 1 atom stereocenters. The normalized spacial score (nSPS) is 15.9. The van der Waals surface area contributed by atoms with Gasteiger partial charge in [0.2, 0.25) is 0 Å². The van der Waals surface area contributed by atoms with E-state index in [2.05, 4.69) is 5.32 Å². The molecular weight excluding hydrogens is 462 g/mol. The first-order valence-corrected chi connectivity index (χ1v) is 13.2. The van der Waals surface area contributed by atoms with Gasteiger partial charge in [0.1, 0.15) is 23.0 Å². The van der Waals surface area contributed by atoms with Crippen LogP contribution in [-0.4, -0.2) is 46.8 Å². The fourth-order valence-corrected chi connectivity index (χ4v) is 5.82. The lowest BCUT2D eigenvalue weighted by Gasteiger charge is -2.25. The van der Waals surface area contributed by atoms with Gasteiger partial charge in [0, 0.05) is 6.42 Å². The van der Waals surface area contributed by atoms with E-state index in [9.17, 15) is 14.4 Å². The first-order chi connectivity index (χ1) is 15.3. The Morgan fingerprint density at radius 1 is 0.970 bits per heavy atom. The molecule has 1 heterocycles. The monoisotopic (exact) mass is 497 g/mol. The highest BCUT2D eigenvalue weighted by atomic mass is 32.2. The van der Waals surface area contributed by atoms with Crippen LogP contribution in [0, 0.1) is 0 Å². The van der Waals surface area contributed by atoms with Gasteiger partial charge in [-0.3, -0.25) is 4.79 Å². The molecule has 1 amide bonds. The molecule has 33 heavy (non-hydrogen) atoms. The van der Waals surface area contributed by atoms with Crippen LogP contribution in [0.15, 0.2) is 24.3 Å². The molecule has 9 heteroatoms. The Balaban J connectivity index is 1.97. The van der Waals surface area contributed by atoms with Crippen LogP contribution >= 0.6 is 23.5 Å². The van der Waals surface area contributed by atoms with Gasteiger partial charge in [-0.1, -0.05) is 12.1 Å². The minimum atomic E-state index is -1.04. The van der Waals surface area contributed by atoms with E-state index in [-0.39, 0.29) is 12.8 Å². The maximum absolute atomic E-state index is 12.6. The van der Waals surface area contributed by atoms with Gasteiger partial charge in [0.05, 0.1) is 4.58 Å². The van der Waals surface area contributed by atoms with Gasteiger partial charge < -0.3 is 19.5 Å². The number of carbonyl (C=O) groups excluding carboxylic acids is 3. The van der Waals surface area contributed by atoms with Crippen molar-refractivity contribution >= 4 is 41.6 Å². The summed E-state index contributed by atoms with van der Waals surface area (Å²) in [5.41, 5.74) is -0.190. The van der Waals surface area contributed by atoms with E-state index >= 15 is 0 Å². The van der Waals surface area contributed by atoms with Gasteiger partial charge >= 0.3 is 18.0 Å². The number of rotatable bonds is 7. The Bertz CT molecular complexity index is 808. The van der Waals surface area contributed by atoms with Gasteiger partial charge in [-0.05, 0) is 83.6 Å². The molecule has 1 aromatic carbocycles. The number of thioether (sulfide) groups is 2. The van der Waals surface area contributed by atoms with Crippen molar-refractivity contribution in [1.29, 1.82) is 0 Å². The molecule has 1 N–H and O–H groups in total. The molecule has 0 saturated carbocycles. The topological polar surface area (TPSA) is 90.9 Å². The minimum Gasteiger partial charge on any atom is -0.460 e. The Morgan fingerprint density at radius 3 is 2.09 bits per heavy atom. The molecule has 0 spiro atoms. The molecule has 0 aromatic heterocycles. The lowest BCUT2D eigenvalue weighted by Crippen LogP contribution is -2.45. The number of benzene rings is 1. The summed E-state index contributed by atoms with van der Waals surface area (Å²) in [5.74, 6) is 1.57. The summed E-state index contributed by atoms with van der Waals surface area (Å²) in [5, 5.41) is 2.53. The number of esters is 2. The predicted molar refractivity (Wildman–Crippen MR) is 133 cm³/mol. The lowest BCUT2D eigenvalue weighted by atomic mass is 10.1. The molecular formula is C24H35NO6S2. The average molecular weight is 498 g/mol. The van der Waals surface area contributed by atoms with Gasteiger partial charge in [-0.15, -0.1) is 23.5 Å². The van der Waals surface area contributed by atoms with Crippen LogP contribution < -0.4 is 10.1 Å². The third-order valence-electron chi connectivity index (χ3n) is 4.23. The van der Waals surface area contributed by atoms with Crippen molar-refractivity contribution in [3.63, 3.8) is 0 Å². The maximum Gasteiger partial charge on any atom is 0.413 e. The van der Waals surface area contributed by atoms with Gasteiger partial charge in [-0.25, -0.2) is 9.59 Å². The van der Waals surface area contributed by atoms with E-state index in [4.69, 9.17) is 14.2 Å². The SMILES string of the molecule is CC(C)(C)OC(=O)CC[C@H](NC(=O)Oc1ccc(C2SCCCS2)cc1)C(=O)OC(C)(C)C. The van der Waals surface area contributed by atoms with E-state index in [1.54, 1.807) is 53.7 Å². The zero-order chi connectivity index (χ0) is 24.6. The first-order valence-electron chi connectivity index (χ1n) is 11.1. The van der Waals surface area contributed by atoms with Crippen LogP contribution in [0.25, 0.3) is 0 Å². The van der Waals surface area contributed by atoms with Gasteiger partial charge in [-0.2, -0.15) is 0 Å². The summed E-state index contributed by atoms with van der Waals surface area (Å²) >= 11 is 3.83. The third-order valence-corrected chi connectivity index (χ3v) is 7.25. The highest BCUT2D eigenvalue weighted by molar-refractivity contribution is 8.16. The molecule has 184 valence electrons. The Kier molecular flexibility index (Phi) is 9.97. The number of nitrogens with one attached hydrogen (secondary N) is 1. The molecule has 1 saturated heterocycles. The van der Waals surface area contributed by atoms with E-state index in [0.29, 0.717) is 10.3 Å². The van der Waals surface area contributed by atoms with Crippen molar-refractivity contribution in [2.75, 3.05) is 11.5 Å². The van der Waals surface area contributed by atoms with Crippen LogP contribution in [0.4, 0.5) is 4.79 Å². The fourth-order valence-electron chi connectivity index (χ4n) is 2.93.